The maximum atomic E-state index is 13.3. The predicted molar refractivity (Wildman–Crippen MR) is 84.9 cm³/mol. The number of halogens is 1. The van der Waals surface area contributed by atoms with Crippen molar-refractivity contribution in [2.45, 2.75) is 19.9 Å². The molecule has 0 saturated heterocycles. The molecule has 106 valence electrons. The van der Waals surface area contributed by atoms with E-state index in [4.69, 9.17) is 0 Å². The first kappa shape index (κ1) is 13.6. The summed E-state index contributed by atoms with van der Waals surface area (Å²) in [5.41, 5.74) is 4.08. The van der Waals surface area contributed by atoms with Crippen molar-refractivity contribution in [2.75, 3.05) is 5.32 Å². The molecule has 3 rings (SSSR count). The molecule has 1 N–H and O–H groups in total. The predicted octanol–water partition coefficient (Wildman–Crippen LogP) is 4.86. The molecule has 0 aliphatic heterocycles. The Labute approximate surface area is 123 Å². The van der Waals surface area contributed by atoms with Crippen LogP contribution in [0.15, 0.2) is 54.7 Å². The summed E-state index contributed by atoms with van der Waals surface area (Å²) in [5, 5.41) is 4.53. The Morgan fingerprint density at radius 3 is 2.76 bits per heavy atom. The monoisotopic (exact) mass is 280 g/mol. The highest BCUT2D eigenvalue weighted by atomic mass is 19.1. The number of aryl methyl sites for hydroxylation is 1. The number of benzene rings is 2. The molecule has 0 bridgehead atoms. The number of nitrogens with zero attached hydrogens (tertiary/aromatic N) is 1. The van der Waals surface area contributed by atoms with Gasteiger partial charge in [0.25, 0.3) is 0 Å². The van der Waals surface area contributed by atoms with Gasteiger partial charge < -0.3 is 5.32 Å². The second kappa shape index (κ2) is 5.52. The minimum Gasteiger partial charge on any atom is -0.378 e. The van der Waals surface area contributed by atoms with Gasteiger partial charge in [0.05, 0.1) is 5.52 Å². The number of fused-ring (bicyclic) bond motifs is 1. The second-order valence-electron chi connectivity index (χ2n) is 5.25. The average Bonchev–Trinajstić information content (AvgIpc) is 2.50. The summed E-state index contributed by atoms with van der Waals surface area (Å²) in [7, 11) is 0. The summed E-state index contributed by atoms with van der Waals surface area (Å²) in [6.45, 7) is 4.08. The standard InChI is InChI=1S/C18H17FN2/c1-12-8-9-17(16-7-4-10-20-18(12)16)21-13(2)14-5-3-6-15(19)11-14/h3-11,13,21H,1-2H3. The smallest absolute Gasteiger partial charge is 0.123 e. The van der Waals surface area contributed by atoms with Crippen LogP contribution in [0.5, 0.6) is 0 Å². The first-order valence-corrected chi connectivity index (χ1v) is 7.01. The van der Waals surface area contributed by atoms with Crippen LogP contribution in [0.1, 0.15) is 24.1 Å². The molecule has 0 amide bonds. The van der Waals surface area contributed by atoms with E-state index in [2.05, 4.69) is 35.4 Å². The molecule has 1 aromatic heterocycles. The minimum absolute atomic E-state index is 0.0202. The van der Waals surface area contributed by atoms with Gasteiger partial charge >= 0.3 is 0 Å². The van der Waals surface area contributed by atoms with Crippen molar-refractivity contribution in [1.29, 1.82) is 0 Å². The highest BCUT2D eigenvalue weighted by molar-refractivity contribution is 5.93. The third-order valence-electron chi connectivity index (χ3n) is 3.69. The largest absolute Gasteiger partial charge is 0.378 e. The zero-order chi connectivity index (χ0) is 14.8. The first-order valence-electron chi connectivity index (χ1n) is 7.01. The summed E-state index contributed by atoms with van der Waals surface area (Å²) >= 11 is 0. The minimum atomic E-state index is -0.211. The zero-order valence-corrected chi connectivity index (χ0v) is 12.1. The average molecular weight is 280 g/mol. The Morgan fingerprint density at radius 1 is 1.10 bits per heavy atom. The van der Waals surface area contributed by atoms with E-state index in [0.29, 0.717) is 0 Å². The fourth-order valence-corrected chi connectivity index (χ4v) is 2.53. The Balaban J connectivity index is 1.97. The molecule has 0 aliphatic carbocycles. The van der Waals surface area contributed by atoms with Crippen molar-refractivity contribution >= 4 is 16.6 Å². The van der Waals surface area contributed by atoms with Crippen LogP contribution in [0.3, 0.4) is 0 Å². The van der Waals surface area contributed by atoms with Crippen molar-refractivity contribution in [1.82, 2.24) is 4.98 Å². The van der Waals surface area contributed by atoms with Crippen LogP contribution >= 0.6 is 0 Å². The van der Waals surface area contributed by atoms with Gasteiger partial charge in [-0.15, -0.1) is 0 Å². The lowest BCUT2D eigenvalue weighted by atomic mass is 10.1. The van der Waals surface area contributed by atoms with Gasteiger partial charge in [0.1, 0.15) is 5.82 Å². The zero-order valence-electron chi connectivity index (χ0n) is 12.1. The molecule has 1 atom stereocenters. The van der Waals surface area contributed by atoms with Gasteiger partial charge in [-0.25, -0.2) is 4.39 Å². The summed E-state index contributed by atoms with van der Waals surface area (Å²) in [6, 6.07) is 14.8. The lowest BCUT2D eigenvalue weighted by Crippen LogP contribution is -2.07. The lowest BCUT2D eigenvalue weighted by molar-refractivity contribution is 0.623. The fraction of sp³-hybridized carbons (Fsp3) is 0.167. The summed E-state index contributed by atoms with van der Waals surface area (Å²) in [6.07, 6.45) is 1.80. The maximum absolute atomic E-state index is 13.3. The molecule has 21 heavy (non-hydrogen) atoms. The molecule has 0 spiro atoms. The molecule has 3 aromatic rings. The molecule has 1 unspecified atom stereocenters. The highest BCUT2D eigenvalue weighted by Gasteiger charge is 2.09. The van der Waals surface area contributed by atoms with Gasteiger partial charge in [-0.3, -0.25) is 4.98 Å². The molecule has 1 heterocycles. The van der Waals surface area contributed by atoms with E-state index in [0.717, 1.165) is 27.7 Å². The molecular formula is C18H17FN2. The number of hydrogen-bond acceptors (Lipinski definition) is 2. The van der Waals surface area contributed by atoms with Gasteiger partial charge in [-0.05, 0) is 55.3 Å². The Morgan fingerprint density at radius 2 is 1.95 bits per heavy atom. The van der Waals surface area contributed by atoms with E-state index in [-0.39, 0.29) is 11.9 Å². The normalized spacial score (nSPS) is 12.3. The topological polar surface area (TPSA) is 24.9 Å². The van der Waals surface area contributed by atoms with Crippen LogP contribution in [-0.4, -0.2) is 4.98 Å². The molecule has 2 aromatic carbocycles. The van der Waals surface area contributed by atoms with Crippen molar-refractivity contribution in [3.63, 3.8) is 0 Å². The number of nitrogens with one attached hydrogen (secondary N) is 1. The lowest BCUT2D eigenvalue weighted by Gasteiger charge is -2.18. The van der Waals surface area contributed by atoms with E-state index in [1.54, 1.807) is 18.3 Å². The van der Waals surface area contributed by atoms with Crippen LogP contribution < -0.4 is 5.32 Å². The van der Waals surface area contributed by atoms with Crippen molar-refractivity contribution < 1.29 is 4.39 Å². The van der Waals surface area contributed by atoms with Gasteiger partial charge in [0.2, 0.25) is 0 Å². The highest BCUT2D eigenvalue weighted by Crippen LogP contribution is 2.28. The first-order chi connectivity index (χ1) is 10.1. The van der Waals surface area contributed by atoms with Crippen LogP contribution in [-0.2, 0) is 0 Å². The van der Waals surface area contributed by atoms with Gasteiger partial charge in [0.15, 0.2) is 0 Å². The van der Waals surface area contributed by atoms with E-state index < -0.39 is 0 Å². The third-order valence-corrected chi connectivity index (χ3v) is 3.69. The number of anilines is 1. The van der Waals surface area contributed by atoms with Crippen LogP contribution in [0, 0.1) is 12.7 Å². The van der Waals surface area contributed by atoms with Crippen molar-refractivity contribution in [3.8, 4) is 0 Å². The number of rotatable bonds is 3. The van der Waals surface area contributed by atoms with Crippen LogP contribution in [0.25, 0.3) is 10.9 Å². The summed E-state index contributed by atoms with van der Waals surface area (Å²) in [4.78, 5) is 4.44. The van der Waals surface area contributed by atoms with Gasteiger partial charge in [0, 0.05) is 23.3 Å². The molecule has 0 fully saturated rings. The van der Waals surface area contributed by atoms with E-state index in [1.165, 1.54) is 6.07 Å². The molecule has 0 radical (unpaired) electrons. The Bertz CT molecular complexity index is 783. The third kappa shape index (κ3) is 2.72. The SMILES string of the molecule is Cc1ccc(NC(C)c2cccc(F)c2)c2cccnc12. The van der Waals surface area contributed by atoms with E-state index in [9.17, 15) is 4.39 Å². The fourth-order valence-electron chi connectivity index (χ4n) is 2.53. The number of hydrogen-bond donors (Lipinski definition) is 1. The molecule has 3 heteroatoms. The van der Waals surface area contributed by atoms with Gasteiger partial charge in [-0.1, -0.05) is 18.2 Å². The molecule has 2 nitrogen and oxygen atoms in total. The van der Waals surface area contributed by atoms with Gasteiger partial charge in [-0.2, -0.15) is 0 Å². The Hall–Kier alpha value is -2.42. The number of pyridine rings is 1. The number of aromatic nitrogens is 1. The van der Waals surface area contributed by atoms with Crippen molar-refractivity contribution in [3.05, 3.63) is 71.7 Å². The van der Waals surface area contributed by atoms with E-state index in [1.807, 2.05) is 19.1 Å². The molecule has 0 saturated carbocycles. The van der Waals surface area contributed by atoms with Crippen molar-refractivity contribution in [2.24, 2.45) is 0 Å². The van der Waals surface area contributed by atoms with Crippen LogP contribution in [0.4, 0.5) is 10.1 Å². The molecular weight excluding hydrogens is 263 g/mol. The Kier molecular flexibility index (Phi) is 3.57. The quantitative estimate of drug-likeness (QED) is 0.741. The second-order valence-corrected chi connectivity index (χ2v) is 5.25. The van der Waals surface area contributed by atoms with E-state index >= 15 is 0 Å². The maximum Gasteiger partial charge on any atom is 0.123 e. The summed E-state index contributed by atoms with van der Waals surface area (Å²) < 4.78 is 13.3. The van der Waals surface area contributed by atoms with Crippen LogP contribution in [0.2, 0.25) is 0 Å². The molecule has 0 aliphatic rings. The summed E-state index contributed by atoms with van der Waals surface area (Å²) in [5.74, 6) is -0.211.